The largest absolute Gasteiger partial charge is 0.457 e. The van der Waals surface area contributed by atoms with E-state index in [0.29, 0.717) is 28.3 Å². The molecule has 2 N–H and O–H groups in total. The quantitative estimate of drug-likeness (QED) is 0.740. The first-order valence-corrected chi connectivity index (χ1v) is 8.09. The summed E-state index contributed by atoms with van der Waals surface area (Å²) in [5.41, 5.74) is 1.53. The molecule has 1 amide bonds. The average Bonchev–Trinajstić information content (AvgIpc) is 2.68. The number of rotatable bonds is 5. The number of carbonyl (C=O) groups is 1. The summed E-state index contributed by atoms with van der Waals surface area (Å²) in [5, 5.41) is 21.3. The number of hydrogen-bond donors (Lipinski definition) is 2. The lowest BCUT2D eigenvalue weighted by molar-refractivity contribution is 0.0917. The van der Waals surface area contributed by atoms with Crippen molar-refractivity contribution in [2.75, 3.05) is 6.61 Å². The van der Waals surface area contributed by atoms with Gasteiger partial charge in [0.15, 0.2) is 0 Å². The third-order valence-electron chi connectivity index (χ3n) is 3.76. The van der Waals surface area contributed by atoms with Crippen molar-refractivity contribution in [1.82, 2.24) is 10.3 Å². The fourth-order valence-corrected chi connectivity index (χ4v) is 2.37. The Morgan fingerprint density at radius 1 is 1.19 bits per heavy atom. The van der Waals surface area contributed by atoms with Crippen molar-refractivity contribution in [3.05, 3.63) is 65.9 Å². The SMILES string of the molecule is C[C@@H](CO)NC(=O)c1ccc2cc(Oc3ccc(C#N)cc3)ccc2n1. The Morgan fingerprint density at radius 2 is 1.92 bits per heavy atom. The van der Waals surface area contributed by atoms with Crippen molar-refractivity contribution in [2.24, 2.45) is 0 Å². The van der Waals surface area contributed by atoms with E-state index in [-0.39, 0.29) is 18.6 Å². The topological polar surface area (TPSA) is 95.2 Å². The Hall–Kier alpha value is -3.43. The van der Waals surface area contributed by atoms with Gasteiger partial charge in [0.25, 0.3) is 5.91 Å². The molecule has 3 aromatic rings. The summed E-state index contributed by atoms with van der Waals surface area (Å²) in [5.74, 6) is 0.937. The van der Waals surface area contributed by atoms with Crippen LogP contribution in [0.15, 0.2) is 54.6 Å². The molecule has 130 valence electrons. The van der Waals surface area contributed by atoms with E-state index in [1.807, 2.05) is 6.07 Å². The highest BCUT2D eigenvalue weighted by atomic mass is 16.5. The minimum Gasteiger partial charge on any atom is -0.457 e. The van der Waals surface area contributed by atoms with Gasteiger partial charge in [0.1, 0.15) is 17.2 Å². The normalized spacial score (nSPS) is 11.6. The van der Waals surface area contributed by atoms with Crippen LogP contribution in [0.1, 0.15) is 23.0 Å². The van der Waals surface area contributed by atoms with Crippen LogP contribution in [0.25, 0.3) is 10.9 Å². The van der Waals surface area contributed by atoms with Crippen LogP contribution in [0.3, 0.4) is 0 Å². The predicted molar refractivity (Wildman–Crippen MR) is 97.0 cm³/mol. The number of benzene rings is 2. The fraction of sp³-hybridized carbons (Fsp3) is 0.150. The number of aliphatic hydroxyl groups is 1. The summed E-state index contributed by atoms with van der Waals surface area (Å²) < 4.78 is 5.79. The summed E-state index contributed by atoms with van der Waals surface area (Å²) in [7, 11) is 0. The zero-order chi connectivity index (χ0) is 18.5. The molecule has 26 heavy (non-hydrogen) atoms. The molecule has 1 aromatic heterocycles. The lowest BCUT2D eigenvalue weighted by atomic mass is 10.2. The van der Waals surface area contributed by atoms with Gasteiger partial charge in [-0.05, 0) is 55.5 Å². The lowest BCUT2D eigenvalue weighted by Gasteiger charge is -2.11. The van der Waals surface area contributed by atoms with Crippen LogP contribution in [-0.2, 0) is 0 Å². The molecule has 0 bridgehead atoms. The maximum absolute atomic E-state index is 12.1. The van der Waals surface area contributed by atoms with E-state index in [1.165, 1.54) is 0 Å². The number of ether oxygens (including phenoxy) is 1. The van der Waals surface area contributed by atoms with Crippen LogP contribution in [-0.4, -0.2) is 28.6 Å². The van der Waals surface area contributed by atoms with Gasteiger partial charge < -0.3 is 15.2 Å². The third-order valence-corrected chi connectivity index (χ3v) is 3.76. The molecular weight excluding hydrogens is 330 g/mol. The smallest absolute Gasteiger partial charge is 0.270 e. The maximum atomic E-state index is 12.1. The molecule has 0 spiro atoms. The van der Waals surface area contributed by atoms with Crippen LogP contribution < -0.4 is 10.1 Å². The molecule has 0 aliphatic heterocycles. The lowest BCUT2D eigenvalue weighted by Crippen LogP contribution is -2.35. The molecule has 0 unspecified atom stereocenters. The van der Waals surface area contributed by atoms with Gasteiger partial charge in [-0.15, -0.1) is 0 Å². The first-order valence-electron chi connectivity index (χ1n) is 8.09. The standard InChI is InChI=1S/C20H17N3O3/c1-13(12-24)22-20(25)19-8-4-15-10-17(7-9-18(15)23-19)26-16-5-2-14(11-21)3-6-16/h2-10,13,24H,12H2,1H3,(H,22,25)/t13-/m0/s1. The summed E-state index contributed by atoms with van der Waals surface area (Å²) in [6.45, 7) is 1.58. The van der Waals surface area contributed by atoms with Gasteiger partial charge in [-0.25, -0.2) is 4.98 Å². The third kappa shape index (κ3) is 3.97. The van der Waals surface area contributed by atoms with Crippen LogP contribution in [0.4, 0.5) is 0 Å². The van der Waals surface area contributed by atoms with Gasteiger partial charge in [0.2, 0.25) is 0 Å². The zero-order valence-electron chi connectivity index (χ0n) is 14.1. The minimum absolute atomic E-state index is 0.130. The van der Waals surface area contributed by atoms with Gasteiger partial charge in [0.05, 0.1) is 23.8 Å². The van der Waals surface area contributed by atoms with E-state index in [9.17, 15) is 4.79 Å². The molecule has 2 aromatic carbocycles. The van der Waals surface area contributed by atoms with Gasteiger partial charge in [0, 0.05) is 11.4 Å². The van der Waals surface area contributed by atoms with E-state index in [0.717, 1.165) is 5.39 Å². The molecule has 1 atom stereocenters. The Kier molecular flexibility index (Phi) is 5.11. The summed E-state index contributed by atoms with van der Waals surface area (Å²) >= 11 is 0. The minimum atomic E-state index is -0.330. The van der Waals surface area contributed by atoms with Crippen molar-refractivity contribution >= 4 is 16.8 Å². The van der Waals surface area contributed by atoms with Gasteiger partial charge in [-0.1, -0.05) is 6.07 Å². The number of carbonyl (C=O) groups excluding carboxylic acids is 1. The molecule has 1 heterocycles. The summed E-state index contributed by atoms with van der Waals surface area (Å²) in [4.78, 5) is 16.4. The molecule has 0 saturated heterocycles. The summed E-state index contributed by atoms with van der Waals surface area (Å²) in [6.07, 6.45) is 0. The highest BCUT2D eigenvalue weighted by Gasteiger charge is 2.11. The predicted octanol–water partition coefficient (Wildman–Crippen LogP) is 3.01. The summed E-state index contributed by atoms with van der Waals surface area (Å²) in [6, 6.07) is 17.4. The second-order valence-electron chi connectivity index (χ2n) is 5.85. The maximum Gasteiger partial charge on any atom is 0.270 e. The highest BCUT2D eigenvalue weighted by Crippen LogP contribution is 2.25. The van der Waals surface area contributed by atoms with Crippen molar-refractivity contribution in [2.45, 2.75) is 13.0 Å². The first kappa shape index (κ1) is 17.4. The van der Waals surface area contributed by atoms with Crippen molar-refractivity contribution < 1.29 is 14.6 Å². The van der Waals surface area contributed by atoms with E-state index < -0.39 is 0 Å². The molecule has 0 fully saturated rings. The van der Waals surface area contributed by atoms with Gasteiger partial charge in [-0.2, -0.15) is 5.26 Å². The molecule has 6 heteroatoms. The second-order valence-corrected chi connectivity index (χ2v) is 5.85. The van der Waals surface area contributed by atoms with Gasteiger partial charge >= 0.3 is 0 Å². The Morgan fingerprint density at radius 3 is 2.62 bits per heavy atom. The Balaban J connectivity index is 1.80. The number of amides is 1. The van der Waals surface area contributed by atoms with E-state index in [1.54, 1.807) is 55.5 Å². The van der Waals surface area contributed by atoms with E-state index in [4.69, 9.17) is 15.1 Å². The highest BCUT2D eigenvalue weighted by molar-refractivity contribution is 5.95. The number of pyridine rings is 1. The molecule has 6 nitrogen and oxygen atoms in total. The van der Waals surface area contributed by atoms with Gasteiger partial charge in [-0.3, -0.25) is 4.79 Å². The first-order chi connectivity index (χ1) is 12.6. The molecule has 0 radical (unpaired) electrons. The molecule has 0 aliphatic carbocycles. The van der Waals surface area contributed by atoms with Crippen molar-refractivity contribution in [1.29, 1.82) is 5.26 Å². The van der Waals surface area contributed by atoms with Crippen molar-refractivity contribution in [3.63, 3.8) is 0 Å². The number of fused-ring (bicyclic) bond motifs is 1. The average molecular weight is 347 g/mol. The van der Waals surface area contributed by atoms with Crippen LogP contribution in [0, 0.1) is 11.3 Å². The molecule has 0 saturated carbocycles. The van der Waals surface area contributed by atoms with E-state index in [2.05, 4.69) is 16.4 Å². The Labute approximate surface area is 150 Å². The van der Waals surface area contributed by atoms with E-state index >= 15 is 0 Å². The van der Waals surface area contributed by atoms with Crippen LogP contribution in [0.2, 0.25) is 0 Å². The Bertz CT molecular complexity index is 978. The fourth-order valence-electron chi connectivity index (χ4n) is 2.37. The number of aromatic nitrogens is 1. The second kappa shape index (κ2) is 7.64. The number of nitrogens with zero attached hydrogens (tertiary/aromatic N) is 2. The molecular formula is C20H17N3O3. The van der Waals surface area contributed by atoms with Crippen LogP contribution in [0.5, 0.6) is 11.5 Å². The number of hydrogen-bond acceptors (Lipinski definition) is 5. The molecule has 0 aliphatic rings. The monoisotopic (exact) mass is 347 g/mol. The van der Waals surface area contributed by atoms with Crippen LogP contribution >= 0.6 is 0 Å². The number of nitrogens with one attached hydrogen (secondary N) is 1. The number of nitriles is 1. The van der Waals surface area contributed by atoms with Crippen molar-refractivity contribution in [3.8, 4) is 17.6 Å². The molecule has 3 rings (SSSR count). The number of aliphatic hydroxyl groups excluding tert-OH is 1. The zero-order valence-corrected chi connectivity index (χ0v) is 14.1.